The average Bonchev–Trinajstić information content (AvgIpc) is 3.03. The van der Waals surface area contributed by atoms with E-state index in [9.17, 15) is 0 Å². The Labute approximate surface area is 167 Å². The predicted molar refractivity (Wildman–Crippen MR) is 112 cm³/mol. The molecular formula is C22H30N4S. The van der Waals surface area contributed by atoms with Gasteiger partial charge in [0.15, 0.2) is 0 Å². The molecule has 27 heavy (non-hydrogen) atoms. The number of benzene rings is 1. The van der Waals surface area contributed by atoms with Gasteiger partial charge in [0.2, 0.25) is 0 Å². The number of nitrogens with zero attached hydrogens (tertiary/aromatic N) is 3. The Morgan fingerprint density at radius 3 is 2.52 bits per heavy atom. The SMILES string of the molecule is CC(C)c1ccccc1Sc1cnc(N2CCC3(CCC[C@H]3N)CC2)cn1. The molecule has 1 saturated carbocycles. The molecule has 2 aromatic rings. The first kappa shape index (κ1) is 18.8. The summed E-state index contributed by atoms with van der Waals surface area (Å²) in [6, 6.07) is 8.96. The molecule has 1 aromatic heterocycles. The molecule has 0 unspecified atom stereocenters. The van der Waals surface area contributed by atoms with Crippen LogP contribution < -0.4 is 10.6 Å². The van der Waals surface area contributed by atoms with E-state index in [1.807, 2.05) is 12.4 Å². The summed E-state index contributed by atoms with van der Waals surface area (Å²) in [5.41, 5.74) is 8.16. The van der Waals surface area contributed by atoms with Gasteiger partial charge >= 0.3 is 0 Å². The van der Waals surface area contributed by atoms with Crippen LogP contribution in [0, 0.1) is 5.41 Å². The minimum absolute atomic E-state index is 0.389. The number of piperidine rings is 1. The van der Waals surface area contributed by atoms with Gasteiger partial charge in [-0.25, -0.2) is 9.97 Å². The van der Waals surface area contributed by atoms with Crippen molar-refractivity contribution in [2.24, 2.45) is 11.1 Å². The van der Waals surface area contributed by atoms with Crippen LogP contribution in [0.1, 0.15) is 57.4 Å². The van der Waals surface area contributed by atoms with Crippen LogP contribution >= 0.6 is 11.8 Å². The molecule has 2 aliphatic rings. The molecule has 0 amide bonds. The first-order valence-electron chi connectivity index (χ1n) is 10.2. The minimum atomic E-state index is 0.389. The number of hydrogen-bond donors (Lipinski definition) is 1. The van der Waals surface area contributed by atoms with Gasteiger partial charge in [0, 0.05) is 24.0 Å². The highest BCUT2D eigenvalue weighted by Gasteiger charge is 2.42. The maximum atomic E-state index is 6.41. The second kappa shape index (κ2) is 7.80. The predicted octanol–water partition coefficient (Wildman–Crippen LogP) is 4.85. The topological polar surface area (TPSA) is 55.0 Å². The zero-order chi connectivity index (χ0) is 18.9. The first-order valence-corrected chi connectivity index (χ1v) is 11.0. The highest BCUT2D eigenvalue weighted by molar-refractivity contribution is 7.99. The van der Waals surface area contributed by atoms with Gasteiger partial charge in [-0.3, -0.25) is 0 Å². The summed E-state index contributed by atoms with van der Waals surface area (Å²) < 4.78 is 0. The van der Waals surface area contributed by atoms with Crippen molar-refractivity contribution in [1.29, 1.82) is 0 Å². The normalized spacial score (nSPS) is 21.9. The Hall–Kier alpha value is -1.59. The van der Waals surface area contributed by atoms with Crippen molar-refractivity contribution < 1.29 is 0 Å². The van der Waals surface area contributed by atoms with Crippen LogP contribution in [-0.4, -0.2) is 29.1 Å². The third-order valence-electron chi connectivity index (χ3n) is 6.43. The number of anilines is 1. The van der Waals surface area contributed by atoms with Crippen molar-refractivity contribution >= 4 is 17.6 Å². The minimum Gasteiger partial charge on any atom is -0.355 e. The zero-order valence-corrected chi connectivity index (χ0v) is 17.2. The van der Waals surface area contributed by atoms with Gasteiger partial charge in [-0.15, -0.1) is 0 Å². The highest BCUT2D eigenvalue weighted by Crippen LogP contribution is 2.45. The first-order chi connectivity index (χ1) is 13.1. The summed E-state index contributed by atoms with van der Waals surface area (Å²) >= 11 is 1.70. The third kappa shape index (κ3) is 3.85. The lowest BCUT2D eigenvalue weighted by Gasteiger charge is -2.42. The lowest BCUT2D eigenvalue weighted by Crippen LogP contribution is -2.47. The number of hydrogen-bond acceptors (Lipinski definition) is 5. The van der Waals surface area contributed by atoms with Crippen LogP contribution in [0.3, 0.4) is 0 Å². The van der Waals surface area contributed by atoms with E-state index in [0.29, 0.717) is 17.4 Å². The molecule has 1 atom stereocenters. The molecular weight excluding hydrogens is 352 g/mol. The van der Waals surface area contributed by atoms with Gasteiger partial charge in [0.25, 0.3) is 0 Å². The lowest BCUT2D eigenvalue weighted by molar-refractivity contribution is 0.197. The molecule has 4 nitrogen and oxygen atoms in total. The monoisotopic (exact) mass is 382 g/mol. The van der Waals surface area contributed by atoms with Crippen molar-refractivity contribution in [1.82, 2.24) is 9.97 Å². The highest BCUT2D eigenvalue weighted by atomic mass is 32.2. The van der Waals surface area contributed by atoms with E-state index < -0.39 is 0 Å². The largest absolute Gasteiger partial charge is 0.355 e. The average molecular weight is 383 g/mol. The van der Waals surface area contributed by atoms with Gasteiger partial charge in [-0.1, -0.05) is 50.2 Å². The van der Waals surface area contributed by atoms with E-state index in [1.165, 1.54) is 42.6 Å². The molecule has 4 rings (SSSR count). The summed E-state index contributed by atoms with van der Waals surface area (Å²) in [5, 5.41) is 0.957. The molecule has 1 aliphatic carbocycles. The Morgan fingerprint density at radius 1 is 1.11 bits per heavy atom. The Bertz CT molecular complexity index is 766. The molecule has 2 fully saturated rings. The molecule has 144 valence electrons. The van der Waals surface area contributed by atoms with E-state index in [4.69, 9.17) is 10.7 Å². The second-order valence-electron chi connectivity index (χ2n) is 8.36. The maximum Gasteiger partial charge on any atom is 0.147 e. The van der Waals surface area contributed by atoms with Crippen molar-refractivity contribution in [2.75, 3.05) is 18.0 Å². The van der Waals surface area contributed by atoms with Gasteiger partial charge in [-0.05, 0) is 48.6 Å². The molecule has 0 bridgehead atoms. The molecule has 1 aromatic carbocycles. The van der Waals surface area contributed by atoms with Crippen molar-refractivity contribution in [2.45, 2.75) is 67.8 Å². The smallest absolute Gasteiger partial charge is 0.147 e. The number of nitrogens with two attached hydrogens (primary N) is 1. The molecule has 1 spiro atoms. The number of aromatic nitrogens is 2. The fourth-order valence-electron chi connectivity index (χ4n) is 4.66. The molecule has 0 radical (unpaired) electrons. The van der Waals surface area contributed by atoms with Crippen LogP contribution in [0.5, 0.6) is 0 Å². The number of rotatable bonds is 4. The molecule has 5 heteroatoms. The molecule has 2 N–H and O–H groups in total. The van der Waals surface area contributed by atoms with Crippen molar-refractivity contribution in [3.63, 3.8) is 0 Å². The lowest BCUT2D eigenvalue weighted by atomic mass is 9.74. The molecule has 1 saturated heterocycles. The maximum absolute atomic E-state index is 6.41. The van der Waals surface area contributed by atoms with E-state index in [1.54, 1.807) is 11.8 Å². The summed E-state index contributed by atoms with van der Waals surface area (Å²) in [5.74, 6) is 1.50. The van der Waals surface area contributed by atoms with Gasteiger partial charge in [-0.2, -0.15) is 0 Å². The quantitative estimate of drug-likeness (QED) is 0.819. The van der Waals surface area contributed by atoms with Crippen LogP contribution in [0.4, 0.5) is 5.82 Å². The summed E-state index contributed by atoms with van der Waals surface area (Å²) in [7, 11) is 0. The van der Waals surface area contributed by atoms with Gasteiger partial charge in [0.05, 0.1) is 12.4 Å². The van der Waals surface area contributed by atoms with Crippen LogP contribution in [-0.2, 0) is 0 Å². The van der Waals surface area contributed by atoms with E-state index in [-0.39, 0.29) is 0 Å². The van der Waals surface area contributed by atoms with E-state index in [2.05, 4.69) is 48.0 Å². The summed E-state index contributed by atoms with van der Waals surface area (Å²) in [6.45, 7) is 6.55. The van der Waals surface area contributed by atoms with Gasteiger partial charge < -0.3 is 10.6 Å². The third-order valence-corrected chi connectivity index (χ3v) is 7.44. The van der Waals surface area contributed by atoms with Gasteiger partial charge in [0.1, 0.15) is 10.8 Å². The fraction of sp³-hybridized carbons (Fsp3) is 0.545. The molecule has 1 aliphatic heterocycles. The van der Waals surface area contributed by atoms with Crippen molar-refractivity contribution in [3.8, 4) is 0 Å². The second-order valence-corrected chi connectivity index (χ2v) is 9.42. The van der Waals surface area contributed by atoms with Crippen LogP contribution in [0.15, 0.2) is 46.6 Å². The summed E-state index contributed by atoms with van der Waals surface area (Å²) in [4.78, 5) is 13.0. The Kier molecular flexibility index (Phi) is 5.42. The molecule has 2 heterocycles. The van der Waals surface area contributed by atoms with E-state index >= 15 is 0 Å². The zero-order valence-electron chi connectivity index (χ0n) is 16.4. The van der Waals surface area contributed by atoms with Crippen molar-refractivity contribution in [3.05, 3.63) is 42.2 Å². The Morgan fingerprint density at radius 2 is 1.89 bits per heavy atom. The van der Waals surface area contributed by atoms with E-state index in [0.717, 1.165) is 23.9 Å². The van der Waals surface area contributed by atoms with Crippen LogP contribution in [0.25, 0.3) is 0 Å². The van der Waals surface area contributed by atoms with Crippen LogP contribution in [0.2, 0.25) is 0 Å². The standard InChI is InChI=1S/C22H30N4S/c1-16(2)17-6-3-4-7-18(17)27-21-15-24-20(14-25-21)26-12-10-22(11-13-26)9-5-8-19(22)23/h3-4,6-7,14-16,19H,5,8-13,23H2,1-2H3/t19-/m1/s1. The summed E-state index contributed by atoms with van der Waals surface area (Å²) in [6.07, 6.45) is 10.0. The fourth-order valence-corrected chi connectivity index (χ4v) is 5.66. The Balaban J connectivity index is 1.41.